The van der Waals surface area contributed by atoms with Crippen LogP contribution in [-0.4, -0.2) is 35.8 Å². The Balaban J connectivity index is 1.51. The number of amides is 1. The maximum absolute atomic E-state index is 11.9. The molecule has 1 aliphatic rings. The summed E-state index contributed by atoms with van der Waals surface area (Å²) in [5.41, 5.74) is 1.01. The molecule has 4 nitrogen and oxygen atoms in total. The van der Waals surface area contributed by atoms with E-state index in [-0.39, 0.29) is 11.9 Å². The number of piperidine rings is 1. The van der Waals surface area contributed by atoms with E-state index in [1.54, 1.807) is 11.3 Å². The van der Waals surface area contributed by atoms with E-state index < -0.39 is 0 Å². The molecule has 0 saturated carbocycles. The second kappa shape index (κ2) is 6.56. The summed E-state index contributed by atoms with van der Waals surface area (Å²) in [6.07, 6.45) is 2.21. The molecule has 0 spiro atoms. The zero-order valence-corrected chi connectivity index (χ0v) is 12.7. The van der Waals surface area contributed by atoms with Crippen LogP contribution in [0.4, 0.5) is 0 Å². The quantitative estimate of drug-likeness (QED) is 0.851. The number of para-hydroxylation sites is 1. The third kappa shape index (κ3) is 3.50. The second-order valence-electron chi connectivity index (χ2n) is 4.85. The molecule has 1 aromatic heterocycles. The molecule has 1 atom stereocenters. The van der Waals surface area contributed by atoms with Crippen molar-refractivity contribution in [2.75, 3.05) is 18.8 Å². The lowest BCUT2D eigenvalue weighted by molar-refractivity contribution is -0.119. The van der Waals surface area contributed by atoms with Gasteiger partial charge in [0.2, 0.25) is 5.91 Å². The number of carbonyl (C=O) groups is 1. The van der Waals surface area contributed by atoms with Crippen LogP contribution in [0.1, 0.15) is 12.8 Å². The molecule has 1 fully saturated rings. The van der Waals surface area contributed by atoms with Crippen LogP contribution in [0.25, 0.3) is 10.2 Å². The van der Waals surface area contributed by atoms with Gasteiger partial charge in [0, 0.05) is 12.6 Å². The Labute approximate surface area is 126 Å². The number of aromatic nitrogens is 1. The van der Waals surface area contributed by atoms with Crippen molar-refractivity contribution in [2.24, 2.45) is 0 Å². The van der Waals surface area contributed by atoms with Gasteiger partial charge in [-0.25, -0.2) is 4.98 Å². The number of thioether (sulfide) groups is 1. The van der Waals surface area contributed by atoms with Crippen molar-refractivity contribution in [1.29, 1.82) is 0 Å². The summed E-state index contributed by atoms with van der Waals surface area (Å²) in [5, 5.41) is 6.38. The highest BCUT2D eigenvalue weighted by atomic mass is 32.2. The third-order valence-electron chi connectivity index (χ3n) is 3.26. The summed E-state index contributed by atoms with van der Waals surface area (Å²) in [4.78, 5) is 16.4. The normalized spacial score (nSPS) is 19.1. The van der Waals surface area contributed by atoms with E-state index in [2.05, 4.69) is 21.7 Å². The molecule has 0 aliphatic carbocycles. The van der Waals surface area contributed by atoms with E-state index in [1.807, 2.05) is 18.2 Å². The Morgan fingerprint density at radius 1 is 1.50 bits per heavy atom. The summed E-state index contributed by atoms with van der Waals surface area (Å²) in [5.74, 6) is 0.541. The van der Waals surface area contributed by atoms with Crippen molar-refractivity contribution in [3.8, 4) is 0 Å². The fourth-order valence-electron chi connectivity index (χ4n) is 2.28. The molecular weight excluding hydrogens is 290 g/mol. The minimum atomic E-state index is 0.1000. The molecule has 2 aromatic rings. The van der Waals surface area contributed by atoms with Gasteiger partial charge in [-0.3, -0.25) is 4.79 Å². The minimum absolute atomic E-state index is 0.1000. The molecule has 1 aromatic carbocycles. The first-order valence-corrected chi connectivity index (χ1v) is 8.60. The smallest absolute Gasteiger partial charge is 0.230 e. The van der Waals surface area contributed by atoms with E-state index in [9.17, 15) is 4.79 Å². The molecule has 3 rings (SSSR count). The number of rotatable bonds is 4. The van der Waals surface area contributed by atoms with E-state index in [4.69, 9.17) is 0 Å². The third-order valence-corrected chi connectivity index (χ3v) is 5.44. The highest BCUT2D eigenvalue weighted by molar-refractivity contribution is 8.01. The SMILES string of the molecule is O=C(CSc1nc2ccccc2s1)N[C@H]1CCCNC1. The van der Waals surface area contributed by atoms with Crippen LogP contribution >= 0.6 is 23.1 Å². The van der Waals surface area contributed by atoms with Crippen molar-refractivity contribution in [3.05, 3.63) is 24.3 Å². The van der Waals surface area contributed by atoms with Crippen LogP contribution in [0.2, 0.25) is 0 Å². The number of hydrogen-bond acceptors (Lipinski definition) is 5. The first kappa shape index (κ1) is 13.9. The summed E-state index contributed by atoms with van der Waals surface area (Å²) in [6, 6.07) is 8.35. The highest BCUT2D eigenvalue weighted by Crippen LogP contribution is 2.29. The maximum Gasteiger partial charge on any atom is 0.230 e. The fourth-order valence-corrected chi connectivity index (χ4v) is 4.16. The first-order valence-electron chi connectivity index (χ1n) is 6.80. The minimum Gasteiger partial charge on any atom is -0.351 e. The van der Waals surface area contributed by atoms with Crippen LogP contribution in [0.5, 0.6) is 0 Å². The molecule has 6 heteroatoms. The highest BCUT2D eigenvalue weighted by Gasteiger charge is 2.15. The lowest BCUT2D eigenvalue weighted by Crippen LogP contribution is -2.46. The van der Waals surface area contributed by atoms with Crippen LogP contribution in [0.15, 0.2) is 28.6 Å². The lowest BCUT2D eigenvalue weighted by atomic mass is 10.1. The van der Waals surface area contributed by atoms with Gasteiger partial charge >= 0.3 is 0 Å². The Morgan fingerprint density at radius 3 is 3.20 bits per heavy atom. The number of nitrogens with one attached hydrogen (secondary N) is 2. The monoisotopic (exact) mass is 307 g/mol. The topological polar surface area (TPSA) is 54.0 Å². The molecule has 0 bridgehead atoms. The van der Waals surface area contributed by atoms with Crippen molar-refractivity contribution in [3.63, 3.8) is 0 Å². The van der Waals surface area contributed by atoms with Crippen LogP contribution < -0.4 is 10.6 Å². The standard InChI is InChI=1S/C14H17N3OS2/c18-13(16-10-4-3-7-15-8-10)9-19-14-17-11-5-1-2-6-12(11)20-14/h1-2,5-6,10,15H,3-4,7-9H2,(H,16,18)/t10-/m0/s1. The molecule has 1 saturated heterocycles. The van der Waals surface area contributed by atoms with Gasteiger partial charge in [0.25, 0.3) is 0 Å². The summed E-state index contributed by atoms with van der Waals surface area (Å²) >= 11 is 3.16. The van der Waals surface area contributed by atoms with Crippen LogP contribution in [0, 0.1) is 0 Å². The number of benzene rings is 1. The predicted octanol–water partition coefficient (Wildman–Crippen LogP) is 2.26. The van der Waals surface area contributed by atoms with E-state index >= 15 is 0 Å². The van der Waals surface area contributed by atoms with Gasteiger partial charge in [0.15, 0.2) is 4.34 Å². The summed E-state index contributed by atoms with van der Waals surface area (Å²) in [6.45, 7) is 1.95. The summed E-state index contributed by atoms with van der Waals surface area (Å²) in [7, 11) is 0. The van der Waals surface area contributed by atoms with Gasteiger partial charge in [0.05, 0.1) is 16.0 Å². The number of carbonyl (C=O) groups excluding carboxylic acids is 1. The van der Waals surface area contributed by atoms with Gasteiger partial charge < -0.3 is 10.6 Å². The molecule has 0 unspecified atom stereocenters. The van der Waals surface area contributed by atoms with E-state index in [0.29, 0.717) is 5.75 Å². The lowest BCUT2D eigenvalue weighted by Gasteiger charge is -2.23. The average Bonchev–Trinajstić information content (AvgIpc) is 2.89. The molecule has 106 valence electrons. The maximum atomic E-state index is 11.9. The van der Waals surface area contributed by atoms with Crippen molar-refractivity contribution < 1.29 is 4.79 Å². The molecule has 2 heterocycles. The van der Waals surface area contributed by atoms with E-state index in [0.717, 1.165) is 35.8 Å². The molecule has 1 amide bonds. The Kier molecular flexibility index (Phi) is 4.54. The Bertz CT molecular complexity index is 560. The van der Waals surface area contributed by atoms with Gasteiger partial charge in [-0.15, -0.1) is 11.3 Å². The predicted molar refractivity (Wildman–Crippen MR) is 84.4 cm³/mol. The number of fused-ring (bicyclic) bond motifs is 1. The zero-order valence-electron chi connectivity index (χ0n) is 11.1. The van der Waals surface area contributed by atoms with Crippen molar-refractivity contribution in [1.82, 2.24) is 15.6 Å². The van der Waals surface area contributed by atoms with Crippen LogP contribution in [0.3, 0.4) is 0 Å². The first-order chi connectivity index (χ1) is 9.81. The Hall–Kier alpha value is -1.11. The van der Waals surface area contributed by atoms with Gasteiger partial charge in [-0.05, 0) is 31.5 Å². The second-order valence-corrected chi connectivity index (χ2v) is 7.10. The van der Waals surface area contributed by atoms with Gasteiger partial charge in [-0.1, -0.05) is 23.9 Å². The zero-order chi connectivity index (χ0) is 13.8. The fraction of sp³-hybridized carbons (Fsp3) is 0.429. The van der Waals surface area contributed by atoms with Crippen LogP contribution in [-0.2, 0) is 4.79 Å². The number of hydrogen-bond donors (Lipinski definition) is 2. The molecule has 0 radical (unpaired) electrons. The molecule has 2 N–H and O–H groups in total. The Morgan fingerprint density at radius 2 is 2.40 bits per heavy atom. The average molecular weight is 307 g/mol. The van der Waals surface area contributed by atoms with Crippen molar-refractivity contribution >= 4 is 39.2 Å². The number of thiazole rings is 1. The van der Waals surface area contributed by atoms with Gasteiger partial charge in [-0.2, -0.15) is 0 Å². The summed E-state index contributed by atoms with van der Waals surface area (Å²) < 4.78 is 2.13. The molecule has 1 aliphatic heterocycles. The van der Waals surface area contributed by atoms with E-state index in [1.165, 1.54) is 16.5 Å². The molecule has 20 heavy (non-hydrogen) atoms. The molecular formula is C14H17N3OS2. The van der Waals surface area contributed by atoms with Crippen molar-refractivity contribution in [2.45, 2.75) is 23.2 Å². The largest absolute Gasteiger partial charge is 0.351 e. The number of nitrogens with zero attached hydrogens (tertiary/aromatic N) is 1. The van der Waals surface area contributed by atoms with Gasteiger partial charge in [0.1, 0.15) is 0 Å².